The molecule has 0 aliphatic heterocycles. The molecule has 0 atom stereocenters. The Kier molecular flexibility index (Phi) is 6.76. The Hall–Kier alpha value is -6.52. The molecule has 4 nitrogen and oxygen atoms in total. The van der Waals surface area contributed by atoms with E-state index in [0.717, 1.165) is 66.7 Å². The molecule has 7 aromatic carbocycles. The Bertz CT molecular complexity index is 2540. The van der Waals surface area contributed by atoms with E-state index >= 15 is 0 Å². The van der Waals surface area contributed by atoms with Gasteiger partial charge < -0.3 is 9.32 Å². The molecule has 0 spiro atoms. The highest BCUT2D eigenvalue weighted by molar-refractivity contribution is 6.07. The fourth-order valence-corrected chi connectivity index (χ4v) is 6.52. The first-order chi connectivity index (χ1) is 23.8. The summed E-state index contributed by atoms with van der Waals surface area (Å²) in [5.41, 5.74) is 11.0. The van der Waals surface area contributed by atoms with E-state index in [4.69, 9.17) is 14.4 Å². The molecule has 0 saturated carbocycles. The molecule has 226 valence electrons. The number of hydrogen-bond donors (Lipinski definition) is 0. The van der Waals surface area contributed by atoms with E-state index in [1.54, 1.807) is 0 Å². The first kappa shape index (κ1) is 27.8. The van der Waals surface area contributed by atoms with Crippen molar-refractivity contribution in [3.05, 3.63) is 176 Å². The summed E-state index contributed by atoms with van der Waals surface area (Å²) in [5, 5.41) is 3.16. The molecule has 0 bridgehead atoms. The van der Waals surface area contributed by atoms with Crippen LogP contribution in [0.25, 0.3) is 66.6 Å². The number of anilines is 3. The zero-order valence-electron chi connectivity index (χ0n) is 26.0. The van der Waals surface area contributed by atoms with Gasteiger partial charge in [0, 0.05) is 50.4 Å². The van der Waals surface area contributed by atoms with Gasteiger partial charge in [-0.1, -0.05) is 115 Å². The van der Waals surface area contributed by atoms with Gasteiger partial charge in [-0.05, 0) is 65.7 Å². The highest BCUT2D eigenvalue weighted by Gasteiger charge is 2.17. The van der Waals surface area contributed by atoms with E-state index in [1.165, 1.54) is 11.1 Å². The summed E-state index contributed by atoms with van der Waals surface area (Å²) in [7, 11) is 0. The van der Waals surface area contributed by atoms with Crippen molar-refractivity contribution in [2.45, 2.75) is 0 Å². The van der Waals surface area contributed by atoms with Gasteiger partial charge in [-0.15, -0.1) is 0 Å². The molecule has 9 rings (SSSR count). The molecular formula is C44H29N3O. The largest absolute Gasteiger partial charge is 0.456 e. The fraction of sp³-hybridized carbons (Fsp3) is 0. The number of benzene rings is 7. The minimum Gasteiger partial charge on any atom is -0.456 e. The zero-order chi connectivity index (χ0) is 31.9. The normalized spacial score (nSPS) is 11.3. The Morgan fingerprint density at radius 3 is 1.67 bits per heavy atom. The molecule has 0 amide bonds. The van der Waals surface area contributed by atoms with Crippen LogP contribution in [-0.2, 0) is 0 Å². The number of aromatic nitrogens is 2. The second-order valence-corrected chi connectivity index (χ2v) is 11.9. The molecular weight excluding hydrogens is 587 g/mol. The standard InChI is InChI=1S/C44H29N3O/c1-4-12-30(13-5-1)31-20-23-35(24-21-31)47(34-16-8-3-9-17-34)36-25-27-38-37-26-22-33(28-41(37)48-42(38)29-36)44-45-40-19-11-10-18-39(40)43(46-44)32-14-6-2-7-15-32/h1-29H. The minimum absolute atomic E-state index is 0.671. The maximum absolute atomic E-state index is 6.57. The van der Waals surface area contributed by atoms with Gasteiger partial charge in [-0.2, -0.15) is 0 Å². The predicted octanol–water partition coefficient (Wildman–Crippen LogP) is 12.0. The molecule has 4 heteroatoms. The minimum atomic E-state index is 0.671. The number of fused-ring (bicyclic) bond motifs is 4. The average Bonchev–Trinajstić information content (AvgIpc) is 3.53. The average molecular weight is 616 g/mol. The van der Waals surface area contributed by atoms with Crippen molar-refractivity contribution >= 4 is 49.9 Å². The van der Waals surface area contributed by atoms with Crippen molar-refractivity contribution in [3.8, 4) is 33.8 Å². The van der Waals surface area contributed by atoms with Gasteiger partial charge in [0.1, 0.15) is 11.2 Å². The van der Waals surface area contributed by atoms with Crippen molar-refractivity contribution in [2.24, 2.45) is 0 Å². The number of hydrogen-bond acceptors (Lipinski definition) is 4. The second-order valence-electron chi connectivity index (χ2n) is 11.9. The maximum atomic E-state index is 6.57. The van der Waals surface area contributed by atoms with Crippen LogP contribution in [0.1, 0.15) is 0 Å². The van der Waals surface area contributed by atoms with E-state index in [9.17, 15) is 0 Å². The summed E-state index contributed by atoms with van der Waals surface area (Å²) in [6.45, 7) is 0. The van der Waals surface area contributed by atoms with Crippen LogP contribution in [0.2, 0.25) is 0 Å². The van der Waals surface area contributed by atoms with E-state index in [2.05, 4.69) is 132 Å². The second kappa shape index (κ2) is 11.7. The molecule has 0 fully saturated rings. The van der Waals surface area contributed by atoms with Crippen LogP contribution in [0.5, 0.6) is 0 Å². The van der Waals surface area contributed by atoms with E-state index in [1.807, 2.05) is 48.5 Å². The lowest BCUT2D eigenvalue weighted by Crippen LogP contribution is -2.09. The SMILES string of the molecule is c1ccc(-c2ccc(N(c3ccccc3)c3ccc4c(c3)oc3cc(-c5nc(-c6ccccc6)c6ccccc6n5)ccc34)cc2)cc1. The molecule has 2 heterocycles. The highest BCUT2D eigenvalue weighted by atomic mass is 16.3. The molecule has 0 aliphatic carbocycles. The van der Waals surface area contributed by atoms with Crippen LogP contribution in [0, 0.1) is 0 Å². The van der Waals surface area contributed by atoms with Gasteiger partial charge in [0.25, 0.3) is 0 Å². The number of para-hydroxylation sites is 2. The Balaban J connectivity index is 1.13. The summed E-state index contributed by atoms with van der Waals surface area (Å²) in [4.78, 5) is 12.3. The first-order valence-corrected chi connectivity index (χ1v) is 16.1. The molecule has 9 aromatic rings. The van der Waals surface area contributed by atoms with E-state index in [-0.39, 0.29) is 0 Å². The summed E-state index contributed by atoms with van der Waals surface area (Å²) in [6.07, 6.45) is 0. The van der Waals surface area contributed by atoms with Crippen molar-refractivity contribution in [1.82, 2.24) is 9.97 Å². The molecule has 48 heavy (non-hydrogen) atoms. The van der Waals surface area contributed by atoms with Crippen molar-refractivity contribution in [1.29, 1.82) is 0 Å². The summed E-state index contributed by atoms with van der Waals surface area (Å²) in [6, 6.07) is 60.8. The first-order valence-electron chi connectivity index (χ1n) is 16.1. The van der Waals surface area contributed by atoms with Gasteiger partial charge in [0.2, 0.25) is 0 Å². The number of rotatable bonds is 6. The topological polar surface area (TPSA) is 42.2 Å². The molecule has 0 aliphatic rings. The van der Waals surface area contributed by atoms with Crippen LogP contribution >= 0.6 is 0 Å². The Morgan fingerprint density at radius 2 is 0.917 bits per heavy atom. The summed E-state index contributed by atoms with van der Waals surface area (Å²) < 4.78 is 6.57. The van der Waals surface area contributed by atoms with Crippen LogP contribution < -0.4 is 4.90 Å². The van der Waals surface area contributed by atoms with Gasteiger partial charge in [0.05, 0.1) is 11.2 Å². The van der Waals surface area contributed by atoms with Crippen LogP contribution in [-0.4, -0.2) is 9.97 Å². The molecule has 0 radical (unpaired) electrons. The molecule has 0 unspecified atom stereocenters. The zero-order valence-corrected chi connectivity index (χ0v) is 26.0. The highest BCUT2D eigenvalue weighted by Crippen LogP contribution is 2.40. The van der Waals surface area contributed by atoms with Crippen LogP contribution in [0.15, 0.2) is 180 Å². The quantitative estimate of drug-likeness (QED) is 0.187. The van der Waals surface area contributed by atoms with Crippen molar-refractivity contribution in [3.63, 3.8) is 0 Å². The van der Waals surface area contributed by atoms with Gasteiger partial charge in [0.15, 0.2) is 5.82 Å². The lowest BCUT2D eigenvalue weighted by atomic mass is 10.0. The lowest BCUT2D eigenvalue weighted by molar-refractivity contribution is 0.669. The van der Waals surface area contributed by atoms with E-state index < -0.39 is 0 Å². The van der Waals surface area contributed by atoms with Gasteiger partial charge in [-0.3, -0.25) is 0 Å². The van der Waals surface area contributed by atoms with Gasteiger partial charge >= 0.3 is 0 Å². The lowest BCUT2D eigenvalue weighted by Gasteiger charge is -2.25. The third kappa shape index (κ3) is 4.97. The van der Waals surface area contributed by atoms with Crippen LogP contribution in [0.4, 0.5) is 17.1 Å². The van der Waals surface area contributed by atoms with Crippen LogP contribution in [0.3, 0.4) is 0 Å². The third-order valence-electron chi connectivity index (χ3n) is 8.87. The van der Waals surface area contributed by atoms with Gasteiger partial charge in [-0.25, -0.2) is 9.97 Å². The van der Waals surface area contributed by atoms with E-state index in [0.29, 0.717) is 5.82 Å². The predicted molar refractivity (Wildman–Crippen MR) is 198 cm³/mol. The number of nitrogens with zero attached hydrogens (tertiary/aromatic N) is 3. The molecule has 2 aromatic heterocycles. The maximum Gasteiger partial charge on any atom is 0.160 e. The molecule has 0 saturated heterocycles. The monoisotopic (exact) mass is 615 g/mol. The summed E-state index contributed by atoms with van der Waals surface area (Å²) >= 11 is 0. The third-order valence-corrected chi connectivity index (χ3v) is 8.87. The Morgan fingerprint density at radius 1 is 0.375 bits per heavy atom. The fourth-order valence-electron chi connectivity index (χ4n) is 6.52. The smallest absolute Gasteiger partial charge is 0.160 e. The van der Waals surface area contributed by atoms with Crippen molar-refractivity contribution < 1.29 is 4.42 Å². The number of furan rings is 1. The Labute approximate surface area is 278 Å². The molecule has 0 N–H and O–H groups in total. The van der Waals surface area contributed by atoms with Crippen molar-refractivity contribution in [2.75, 3.05) is 4.90 Å². The summed E-state index contributed by atoms with van der Waals surface area (Å²) in [5.74, 6) is 0.671.